The molecule has 1 aliphatic heterocycles. The second-order valence-corrected chi connectivity index (χ2v) is 6.21. The van der Waals surface area contributed by atoms with E-state index in [1.807, 2.05) is 48.8 Å². The number of aryl methyl sites for hydroxylation is 1. The topological polar surface area (TPSA) is 51.0 Å². The molecule has 1 atom stereocenters. The van der Waals surface area contributed by atoms with Crippen molar-refractivity contribution in [1.29, 1.82) is 0 Å². The Hall–Kier alpha value is -2.17. The predicted octanol–water partition coefficient (Wildman–Crippen LogP) is 2.80. The summed E-state index contributed by atoms with van der Waals surface area (Å²) in [4.78, 5) is 23.0. The molecule has 22 heavy (non-hydrogen) atoms. The maximum atomic E-state index is 12.4. The molecule has 2 aromatic heterocycles. The van der Waals surface area contributed by atoms with Gasteiger partial charge >= 0.3 is 0 Å². The zero-order valence-corrected chi connectivity index (χ0v) is 13.4. The lowest BCUT2D eigenvalue weighted by Crippen LogP contribution is -2.33. The summed E-state index contributed by atoms with van der Waals surface area (Å²) in [5.74, 6) is 0.278. The van der Waals surface area contributed by atoms with Crippen LogP contribution in [0.1, 0.15) is 38.3 Å². The van der Waals surface area contributed by atoms with Gasteiger partial charge in [0.1, 0.15) is 0 Å². The highest BCUT2D eigenvalue weighted by Gasteiger charge is 2.31. The molecule has 0 spiro atoms. The van der Waals surface area contributed by atoms with Gasteiger partial charge in [0.25, 0.3) is 0 Å². The van der Waals surface area contributed by atoms with E-state index in [0.29, 0.717) is 0 Å². The van der Waals surface area contributed by atoms with Crippen molar-refractivity contribution in [2.24, 2.45) is 13.0 Å². The van der Waals surface area contributed by atoms with E-state index >= 15 is 0 Å². The number of rotatable bonds is 3. The van der Waals surface area contributed by atoms with E-state index in [1.54, 1.807) is 6.33 Å². The first kappa shape index (κ1) is 14.8. The highest BCUT2D eigenvalue weighted by Crippen LogP contribution is 2.34. The van der Waals surface area contributed by atoms with Gasteiger partial charge in [-0.3, -0.25) is 9.78 Å². The number of carbonyl (C=O) groups is 1. The first-order chi connectivity index (χ1) is 10.6. The number of aromatic nitrogens is 3. The number of likely N-dealkylation sites (tertiary alicyclic amines) is 1. The lowest BCUT2D eigenvalue weighted by molar-refractivity contribution is -0.135. The third-order valence-electron chi connectivity index (χ3n) is 4.28. The Morgan fingerprint density at radius 2 is 2.23 bits per heavy atom. The molecule has 5 nitrogen and oxygen atoms in total. The minimum Gasteiger partial charge on any atom is -0.335 e. The summed E-state index contributed by atoms with van der Waals surface area (Å²) < 4.78 is 1.96. The molecule has 1 unspecified atom stereocenters. The van der Waals surface area contributed by atoms with Gasteiger partial charge in [-0.05, 0) is 30.5 Å². The Morgan fingerprint density at radius 1 is 1.41 bits per heavy atom. The molecule has 5 heteroatoms. The molecule has 3 heterocycles. The summed E-state index contributed by atoms with van der Waals surface area (Å²) in [5.41, 5.74) is 3.06. The average molecular weight is 298 g/mol. The molecule has 0 saturated carbocycles. The largest absolute Gasteiger partial charge is 0.335 e. The zero-order chi connectivity index (χ0) is 15.7. The molecule has 3 rings (SSSR count). The number of hydrogen-bond donors (Lipinski definition) is 0. The molecule has 1 amide bonds. The van der Waals surface area contributed by atoms with Crippen LogP contribution in [-0.4, -0.2) is 31.9 Å². The molecule has 0 aliphatic carbocycles. The average Bonchev–Trinajstić information content (AvgIpc) is 3.15. The van der Waals surface area contributed by atoms with E-state index in [4.69, 9.17) is 0 Å². The highest BCUT2D eigenvalue weighted by molar-refractivity contribution is 5.79. The van der Waals surface area contributed by atoms with Crippen LogP contribution >= 0.6 is 0 Å². The number of pyridine rings is 1. The summed E-state index contributed by atoms with van der Waals surface area (Å²) in [7, 11) is 1.96. The Bertz CT molecular complexity index is 677. The summed E-state index contributed by atoms with van der Waals surface area (Å²) in [6.07, 6.45) is 7.50. The first-order valence-corrected chi connectivity index (χ1v) is 7.81. The lowest BCUT2D eigenvalue weighted by atomic mass is 10.0. The SMILES string of the molecule is CC(C)C(=O)N1CCCC1c1ccnc(-c2cncn2C)c1. The van der Waals surface area contributed by atoms with Gasteiger partial charge in [0, 0.05) is 25.7 Å². The highest BCUT2D eigenvalue weighted by atomic mass is 16.2. The van der Waals surface area contributed by atoms with Gasteiger partial charge in [-0.2, -0.15) is 0 Å². The molecule has 116 valence electrons. The Balaban J connectivity index is 1.92. The second-order valence-electron chi connectivity index (χ2n) is 6.21. The summed E-state index contributed by atoms with van der Waals surface area (Å²) in [5, 5.41) is 0. The number of amides is 1. The number of carbonyl (C=O) groups excluding carboxylic acids is 1. The van der Waals surface area contributed by atoms with Crippen LogP contribution in [0.2, 0.25) is 0 Å². The molecule has 0 radical (unpaired) electrons. The van der Waals surface area contributed by atoms with Crippen molar-refractivity contribution in [3.05, 3.63) is 36.4 Å². The van der Waals surface area contributed by atoms with Crippen LogP contribution in [0.25, 0.3) is 11.4 Å². The van der Waals surface area contributed by atoms with Crippen molar-refractivity contribution >= 4 is 5.91 Å². The molecule has 1 fully saturated rings. The van der Waals surface area contributed by atoms with Gasteiger partial charge in [-0.1, -0.05) is 13.8 Å². The fourth-order valence-electron chi connectivity index (χ4n) is 3.11. The normalized spacial score (nSPS) is 18.2. The van der Waals surface area contributed by atoms with E-state index in [9.17, 15) is 4.79 Å². The molecule has 1 aliphatic rings. The van der Waals surface area contributed by atoms with E-state index in [1.165, 1.54) is 0 Å². The van der Waals surface area contributed by atoms with E-state index < -0.39 is 0 Å². The van der Waals surface area contributed by atoms with Gasteiger partial charge in [0.15, 0.2) is 0 Å². The molecular formula is C17H22N4O. The molecule has 0 aromatic carbocycles. The number of imidazole rings is 1. The Morgan fingerprint density at radius 3 is 2.91 bits per heavy atom. The van der Waals surface area contributed by atoms with Crippen LogP contribution in [0.3, 0.4) is 0 Å². The van der Waals surface area contributed by atoms with Crippen molar-refractivity contribution in [2.75, 3.05) is 6.54 Å². The van der Waals surface area contributed by atoms with E-state index in [-0.39, 0.29) is 17.9 Å². The fourth-order valence-corrected chi connectivity index (χ4v) is 3.11. The maximum absolute atomic E-state index is 12.4. The van der Waals surface area contributed by atoms with Gasteiger partial charge in [-0.15, -0.1) is 0 Å². The van der Waals surface area contributed by atoms with Gasteiger partial charge in [0.2, 0.25) is 5.91 Å². The van der Waals surface area contributed by atoms with E-state index in [0.717, 1.165) is 36.3 Å². The zero-order valence-electron chi connectivity index (χ0n) is 13.4. The van der Waals surface area contributed by atoms with Crippen molar-refractivity contribution < 1.29 is 4.79 Å². The monoisotopic (exact) mass is 298 g/mol. The van der Waals surface area contributed by atoms with Gasteiger partial charge in [-0.25, -0.2) is 4.98 Å². The second kappa shape index (κ2) is 5.91. The maximum Gasteiger partial charge on any atom is 0.225 e. The first-order valence-electron chi connectivity index (χ1n) is 7.81. The smallest absolute Gasteiger partial charge is 0.225 e. The van der Waals surface area contributed by atoms with Crippen molar-refractivity contribution in [3.8, 4) is 11.4 Å². The van der Waals surface area contributed by atoms with Crippen LogP contribution < -0.4 is 0 Å². The number of hydrogen-bond acceptors (Lipinski definition) is 3. The quantitative estimate of drug-likeness (QED) is 0.875. The van der Waals surface area contributed by atoms with Crippen LogP contribution in [0.15, 0.2) is 30.9 Å². The van der Waals surface area contributed by atoms with Gasteiger partial charge < -0.3 is 9.47 Å². The molecule has 1 saturated heterocycles. The summed E-state index contributed by atoms with van der Waals surface area (Å²) in [6.45, 7) is 4.78. The van der Waals surface area contributed by atoms with Crippen LogP contribution in [0, 0.1) is 5.92 Å². The fraction of sp³-hybridized carbons (Fsp3) is 0.471. The van der Waals surface area contributed by atoms with E-state index in [2.05, 4.69) is 16.0 Å². The Kier molecular flexibility index (Phi) is 3.96. The number of nitrogens with zero attached hydrogens (tertiary/aromatic N) is 4. The van der Waals surface area contributed by atoms with Crippen LogP contribution in [0.4, 0.5) is 0 Å². The lowest BCUT2D eigenvalue weighted by Gasteiger charge is -2.27. The minimum atomic E-state index is 0.0407. The minimum absolute atomic E-state index is 0.0407. The summed E-state index contributed by atoms with van der Waals surface area (Å²) in [6, 6.07) is 4.29. The Labute approximate surface area is 131 Å². The molecule has 2 aromatic rings. The third kappa shape index (κ3) is 2.63. The van der Waals surface area contributed by atoms with Crippen LogP contribution in [0.5, 0.6) is 0 Å². The third-order valence-corrected chi connectivity index (χ3v) is 4.28. The standard InChI is InChI=1S/C17H22N4O/c1-12(2)17(22)21-8-4-5-15(21)13-6-7-19-14(9-13)16-10-18-11-20(16)3/h6-7,9-12,15H,4-5,8H2,1-3H3. The van der Waals surface area contributed by atoms with Gasteiger partial charge in [0.05, 0.1) is 30.0 Å². The summed E-state index contributed by atoms with van der Waals surface area (Å²) >= 11 is 0. The molecule has 0 N–H and O–H groups in total. The molecular weight excluding hydrogens is 276 g/mol. The predicted molar refractivity (Wildman–Crippen MR) is 85.0 cm³/mol. The molecule has 0 bridgehead atoms. The van der Waals surface area contributed by atoms with Crippen molar-refractivity contribution in [2.45, 2.75) is 32.7 Å². The van der Waals surface area contributed by atoms with Crippen LogP contribution in [-0.2, 0) is 11.8 Å². The van der Waals surface area contributed by atoms with Crippen molar-refractivity contribution in [1.82, 2.24) is 19.4 Å². The van der Waals surface area contributed by atoms with Crippen molar-refractivity contribution in [3.63, 3.8) is 0 Å².